The Hall–Kier alpha value is -3.02. The minimum atomic E-state index is -0.0309. The van der Waals surface area contributed by atoms with Crippen molar-refractivity contribution >= 4 is 5.91 Å². The van der Waals surface area contributed by atoms with Crippen LogP contribution < -0.4 is 5.32 Å². The molecule has 3 aromatic rings. The summed E-state index contributed by atoms with van der Waals surface area (Å²) in [6, 6.07) is 7.64. The maximum absolute atomic E-state index is 12.0. The van der Waals surface area contributed by atoms with Gasteiger partial charge < -0.3 is 5.32 Å². The molecule has 116 valence electrons. The van der Waals surface area contributed by atoms with Crippen molar-refractivity contribution in [3.63, 3.8) is 0 Å². The van der Waals surface area contributed by atoms with E-state index in [1.165, 1.54) is 0 Å². The number of nitrogens with one attached hydrogen (secondary N) is 1. The van der Waals surface area contributed by atoms with E-state index in [-0.39, 0.29) is 5.91 Å². The van der Waals surface area contributed by atoms with Crippen LogP contribution in [0.5, 0.6) is 0 Å². The molecule has 6 nitrogen and oxygen atoms in total. The van der Waals surface area contributed by atoms with Crippen LogP contribution in [0.2, 0.25) is 0 Å². The molecule has 6 heteroatoms. The molecule has 0 bridgehead atoms. The highest BCUT2D eigenvalue weighted by Crippen LogP contribution is 2.07. The van der Waals surface area contributed by atoms with Crippen molar-refractivity contribution < 1.29 is 4.79 Å². The third-order valence-electron chi connectivity index (χ3n) is 3.41. The van der Waals surface area contributed by atoms with Gasteiger partial charge in [-0.05, 0) is 36.2 Å². The van der Waals surface area contributed by atoms with E-state index in [1.807, 2.05) is 42.0 Å². The van der Waals surface area contributed by atoms with Gasteiger partial charge in [0.15, 0.2) is 0 Å². The smallest absolute Gasteiger partial charge is 0.224 e. The number of amides is 1. The molecule has 0 spiro atoms. The molecule has 0 atom stereocenters. The van der Waals surface area contributed by atoms with Crippen LogP contribution in [0.1, 0.15) is 16.8 Å². The highest BCUT2D eigenvalue weighted by molar-refractivity contribution is 5.78. The van der Waals surface area contributed by atoms with Gasteiger partial charge in [-0.1, -0.05) is 6.07 Å². The molecule has 0 aromatic carbocycles. The number of imidazole rings is 1. The van der Waals surface area contributed by atoms with Crippen LogP contribution in [-0.4, -0.2) is 25.4 Å². The molecule has 0 saturated heterocycles. The first kappa shape index (κ1) is 14.9. The second-order valence-corrected chi connectivity index (χ2v) is 5.25. The summed E-state index contributed by atoms with van der Waals surface area (Å²) < 4.78 is 1.82. The van der Waals surface area contributed by atoms with Gasteiger partial charge in [-0.15, -0.1) is 0 Å². The van der Waals surface area contributed by atoms with E-state index in [2.05, 4.69) is 20.3 Å². The first-order valence-electron chi connectivity index (χ1n) is 7.32. The van der Waals surface area contributed by atoms with Gasteiger partial charge >= 0.3 is 0 Å². The van der Waals surface area contributed by atoms with Crippen molar-refractivity contribution in [2.24, 2.45) is 0 Å². The van der Waals surface area contributed by atoms with Crippen molar-refractivity contribution in [2.45, 2.75) is 19.9 Å². The van der Waals surface area contributed by atoms with Gasteiger partial charge in [0.2, 0.25) is 5.91 Å². The fourth-order valence-electron chi connectivity index (χ4n) is 2.16. The summed E-state index contributed by atoms with van der Waals surface area (Å²) >= 11 is 0. The molecular formula is C17H17N5O. The molecule has 1 amide bonds. The van der Waals surface area contributed by atoms with E-state index in [4.69, 9.17) is 0 Å². The van der Waals surface area contributed by atoms with Gasteiger partial charge in [0.25, 0.3) is 0 Å². The third kappa shape index (κ3) is 4.00. The number of carbonyl (C=O) groups is 1. The average molecular weight is 307 g/mol. The van der Waals surface area contributed by atoms with Gasteiger partial charge in [-0.25, -0.2) is 9.97 Å². The number of hydrogen-bond donors (Lipinski definition) is 1. The molecule has 0 aliphatic rings. The Morgan fingerprint density at radius 3 is 2.83 bits per heavy atom. The van der Waals surface area contributed by atoms with Crippen LogP contribution in [-0.2, 0) is 17.8 Å². The van der Waals surface area contributed by atoms with Crippen molar-refractivity contribution in [3.8, 4) is 5.82 Å². The van der Waals surface area contributed by atoms with Crippen LogP contribution in [0.3, 0.4) is 0 Å². The van der Waals surface area contributed by atoms with Gasteiger partial charge in [0.05, 0.1) is 6.42 Å². The largest absolute Gasteiger partial charge is 0.352 e. The summed E-state index contributed by atoms with van der Waals surface area (Å²) in [6.07, 6.45) is 9.00. The van der Waals surface area contributed by atoms with Crippen molar-refractivity contribution in [1.29, 1.82) is 0 Å². The van der Waals surface area contributed by atoms with Crippen molar-refractivity contribution in [2.75, 3.05) is 0 Å². The molecular weight excluding hydrogens is 290 g/mol. The Kier molecular flexibility index (Phi) is 4.42. The first-order valence-corrected chi connectivity index (χ1v) is 7.32. The van der Waals surface area contributed by atoms with Crippen LogP contribution in [0, 0.1) is 6.92 Å². The normalized spacial score (nSPS) is 10.5. The lowest BCUT2D eigenvalue weighted by Crippen LogP contribution is -2.24. The van der Waals surface area contributed by atoms with E-state index in [9.17, 15) is 4.79 Å². The SMILES string of the molecule is Cc1ccc(CC(=O)NCc2ccnc(-n3ccnc3)c2)cn1. The third-order valence-corrected chi connectivity index (χ3v) is 3.41. The van der Waals surface area contributed by atoms with Crippen LogP contribution in [0.25, 0.3) is 5.82 Å². The Bertz CT molecular complexity index is 781. The van der Waals surface area contributed by atoms with Crippen molar-refractivity contribution in [1.82, 2.24) is 24.8 Å². The predicted molar refractivity (Wildman–Crippen MR) is 85.9 cm³/mol. The quantitative estimate of drug-likeness (QED) is 0.780. The Balaban J connectivity index is 1.58. The fourth-order valence-corrected chi connectivity index (χ4v) is 2.16. The number of carbonyl (C=O) groups excluding carboxylic acids is 1. The Morgan fingerprint density at radius 2 is 2.09 bits per heavy atom. The van der Waals surface area contributed by atoms with Gasteiger partial charge in [-0.3, -0.25) is 14.3 Å². The fraction of sp³-hybridized carbons (Fsp3) is 0.176. The summed E-state index contributed by atoms with van der Waals surface area (Å²) in [5.74, 6) is 0.744. The topological polar surface area (TPSA) is 72.7 Å². The highest BCUT2D eigenvalue weighted by Gasteiger charge is 2.05. The number of nitrogens with zero attached hydrogens (tertiary/aromatic N) is 4. The van der Waals surface area contributed by atoms with E-state index >= 15 is 0 Å². The van der Waals surface area contributed by atoms with E-state index < -0.39 is 0 Å². The molecule has 3 rings (SSSR count). The molecule has 0 unspecified atom stereocenters. The number of aryl methyl sites for hydroxylation is 1. The van der Waals surface area contributed by atoms with E-state index in [1.54, 1.807) is 24.9 Å². The zero-order chi connectivity index (χ0) is 16.1. The molecule has 0 radical (unpaired) electrons. The molecule has 3 heterocycles. The Labute approximate surface area is 134 Å². The van der Waals surface area contributed by atoms with Crippen LogP contribution >= 0.6 is 0 Å². The second-order valence-electron chi connectivity index (χ2n) is 5.25. The van der Waals surface area contributed by atoms with E-state index in [0.29, 0.717) is 13.0 Å². The zero-order valence-electron chi connectivity index (χ0n) is 12.8. The number of aromatic nitrogens is 4. The maximum Gasteiger partial charge on any atom is 0.224 e. The standard InChI is InChI=1S/C17H17N5O/c1-13-2-3-14(10-20-13)9-17(23)21-11-15-4-5-19-16(8-15)22-7-6-18-12-22/h2-8,10,12H,9,11H2,1H3,(H,21,23). The van der Waals surface area contributed by atoms with Crippen LogP contribution in [0.15, 0.2) is 55.4 Å². The Morgan fingerprint density at radius 1 is 1.17 bits per heavy atom. The summed E-state index contributed by atoms with van der Waals surface area (Å²) in [4.78, 5) is 24.5. The van der Waals surface area contributed by atoms with E-state index in [0.717, 1.165) is 22.6 Å². The number of pyridine rings is 2. The van der Waals surface area contributed by atoms with Gasteiger partial charge in [-0.2, -0.15) is 0 Å². The molecule has 0 aliphatic heterocycles. The summed E-state index contributed by atoms with van der Waals surface area (Å²) in [7, 11) is 0. The average Bonchev–Trinajstić information content (AvgIpc) is 3.10. The summed E-state index contributed by atoms with van der Waals surface area (Å²) in [5.41, 5.74) is 2.83. The molecule has 0 saturated carbocycles. The lowest BCUT2D eigenvalue weighted by molar-refractivity contribution is -0.120. The predicted octanol–water partition coefficient (Wildman–Crippen LogP) is 1.83. The molecule has 0 aliphatic carbocycles. The van der Waals surface area contributed by atoms with Crippen molar-refractivity contribution in [3.05, 3.63) is 72.2 Å². The molecule has 23 heavy (non-hydrogen) atoms. The maximum atomic E-state index is 12.0. The minimum absolute atomic E-state index is 0.0309. The number of rotatable bonds is 5. The number of hydrogen-bond acceptors (Lipinski definition) is 4. The second kappa shape index (κ2) is 6.83. The lowest BCUT2D eigenvalue weighted by atomic mass is 10.2. The van der Waals surface area contributed by atoms with Gasteiger partial charge in [0, 0.05) is 37.0 Å². The first-order chi connectivity index (χ1) is 11.2. The molecule has 3 aromatic heterocycles. The summed E-state index contributed by atoms with van der Waals surface area (Å²) in [5, 5.41) is 2.92. The van der Waals surface area contributed by atoms with Gasteiger partial charge in [0.1, 0.15) is 12.1 Å². The molecule has 1 N–H and O–H groups in total. The minimum Gasteiger partial charge on any atom is -0.352 e. The zero-order valence-corrected chi connectivity index (χ0v) is 12.8. The lowest BCUT2D eigenvalue weighted by Gasteiger charge is -2.07. The summed E-state index contributed by atoms with van der Waals surface area (Å²) in [6.45, 7) is 2.38. The molecule has 0 fully saturated rings. The van der Waals surface area contributed by atoms with Crippen LogP contribution in [0.4, 0.5) is 0 Å². The highest BCUT2D eigenvalue weighted by atomic mass is 16.1. The monoisotopic (exact) mass is 307 g/mol.